The molecule has 0 aromatic heterocycles. The highest BCUT2D eigenvalue weighted by Gasteiger charge is 2.16. The summed E-state index contributed by atoms with van der Waals surface area (Å²) in [5.74, 6) is 2.12. The average Bonchev–Trinajstić information content (AvgIpc) is 2.37. The van der Waals surface area contributed by atoms with Crippen LogP contribution in [-0.2, 0) is 0 Å². The lowest BCUT2D eigenvalue weighted by Gasteiger charge is -2.25. The zero-order valence-electron chi connectivity index (χ0n) is 12.2. The third-order valence-corrected chi connectivity index (χ3v) is 4.14. The van der Waals surface area contributed by atoms with Crippen LogP contribution in [0.2, 0.25) is 0 Å². The number of ether oxygens (including phenoxy) is 1. The van der Waals surface area contributed by atoms with Crippen molar-refractivity contribution in [2.45, 2.75) is 32.3 Å². The number of nitrogens with two attached hydrogens (primary N) is 1. The van der Waals surface area contributed by atoms with Crippen molar-refractivity contribution in [2.75, 3.05) is 13.1 Å². The molecule has 2 rings (SSSR count). The van der Waals surface area contributed by atoms with Crippen molar-refractivity contribution in [2.24, 2.45) is 16.6 Å². The van der Waals surface area contributed by atoms with Crippen LogP contribution < -0.4 is 15.8 Å². The number of nitrogens with zero attached hydrogens (tertiary/aromatic N) is 1. The standard InChI is InChI=1S/C15H22BrN3O.HI/c1-11(20-14-8-3-2-7-13(14)16)9-18-15(17)19-10-12-5-4-6-12;/h2-3,7-8,11-12H,4-6,9-10H2,1H3,(H3,17,18,19);1H. The third kappa shape index (κ3) is 6.42. The van der Waals surface area contributed by atoms with Crippen molar-refractivity contribution in [3.8, 4) is 5.75 Å². The second kappa shape index (κ2) is 9.50. The highest BCUT2D eigenvalue weighted by Crippen LogP contribution is 2.25. The van der Waals surface area contributed by atoms with Crippen LogP contribution in [-0.4, -0.2) is 25.2 Å². The first-order valence-corrected chi connectivity index (χ1v) is 7.89. The normalized spacial score (nSPS) is 16.6. The van der Waals surface area contributed by atoms with Gasteiger partial charge in [0.2, 0.25) is 0 Å². The van der Waals surface area contributed by atoms with Crippen LogP contribution in [0.5, 0.6) is 5.75 Å². The molecule has 0 aliphatic heterocycles. The molecule has 6 heteroatoms. The Kier molecular flexibility index (Phi) is 8.39. The molecule has 1 unspecified atom stereocenters. The molecule has 0 radical (unpaired) electrons. The summed E-state index contributed by atoms with van der Waals surface area (Å²) in [6, 6.07) is 7.80. The number of guanidine groups is 1. The first kappa shape index (κ1) is 18.5. The molecule has 21 heavy (non-hydrogen) atoms. The first-order valence-electron chi connectivity index (χ1n) is 7.10. The molecular formula is C15H23BrIN3O. The van der Waals surface area contributed by atoms with Gasteiger partial charge in [-0.1, -0.05) is 18.6 Å². The first-order chi connectivity index (χ1) is 9.65. The van der Waals surface area contributed by atoms with Gasteiger partial charge in [-0.2, -0.15) is 0 Å². The molecule has 3 N–H and O–H groups in total. The molecule has 0 amide bonds. The van der Waals surface area contributed by atoms with Gasteiger partial charge in [-0.25, -0.2) is 4.99 Å². The Hall–Kier alpha value is -0.500. The van der Waals surface area contributed by atoms with E-state index in [4.69, 9.17) is 10.5 Å². The second-order valence-electron chi connectivity index (χ2n) is 5.26. The van der Waals surface area contributed by atoms with E-state index in [2.05, 4.69) is 26.2 Å². The maximum Gasteiger partial charge on any atom is 0.188 e. The molecular weight excluding hydrogens is 445 g/mol. The van der Waals surface area contributed by atoms with E-state index in [0.29, 0.717) is 12.5 Å². The highest BCUT2D eigenvalue weighted by atomic mass is 127. The van der Waals surface area contributed by atoms with Crippen LogP contribution in [0.4, 0.5) is 0 Å². The number of hydrogen-bond acceptors (Lipinski definition) is 2. The van der Waals surface area contributed by atoms with Gasteiger partial charge < -0.3 is 15.8 Å². The number of aliphatic imine (C=N–C) groups is 1. The predicted octanol–water partition coefficient (Wildman–Crippen LogP) is 3.54. The summed E-state index contributed by atoms with van der Waals surface area (Å²) in [7, 11) is 0. The minimum atomic E-state index is -0.0160. The minimum absolute atomic E-state index is 0. The van der Waals surface area contributed by atoms with E-state index in [9.17, 15) is 0 Å². The van der Waals surface area contributed by atoms with Gasteiger partial charge in [0, 0.05) is 6.54 Å². The van der Waals surface area contributed by atoms with Crippen molar-refractivity contribution in [3.05, 3.63) is 28.7 Å². The number of nitrogens with one attached hydrogen (secondary N) is 1. The Labute approximate surface area is 152 Å². The molecule has 1 saturated carbocycles. The van der Waals surface area contributed by atoms with Gasteiger partial charge >= 0.3 is 0 Å². The van der Waals surface area contributed by atoms with E-state index in [1.165, 1.54) is 19.3 Å². The second-order valence-corrected chi connectivity index (χ2v) is 6.12. The van der Waals surface area contributed by atoms with Crippen molar-refractivity contribution in [1.29, 1.82) is 0 Å². The molecule has 1 aliphatic carbocycles. The summed E-state index contributed by atoms with van der Waals surface area (Å²) in [6.45, 7) is 3.47. The van der Waals surface area contributed by atoms with Gasteiger partial charge in [-0.05, 0) is 53.7 Å². The SMILES string of the molecule is CC(CN=C(N)NCC1CCC1)Oc1ccccc1Br.I. The van der Waals surface area contributed by atoms with Gasteiger partial charge in [0.05, 0.1) is 11.0 Å². The highest BCUT2D eigenvalue weighted by molar-refractivity contribution is 14.0. The number of rotatable bonds is 6. The summed E-state index contributed by atoms with van der Waals surface area (Å²) in [4.78, 5) is 4.32. The van der Waals surface area contributed by atoms with Crippen LogP contribution in [0, 0.1) is 5.92 Å². The zero-order chi connectivity index (χ0) is 14.4. The fourth-order valence-corrected chi connectivity index (χ4v) is 2.40. The van der Waals surface area contributed by atoms with Crippen molar-refractivity contribution in [1.82, 2.24) is 5.32 Å². The Morgan fingerprint density at radius 1 is 1.48 bits per heavy atom. The summed E-state index contributed by atoms with van der Waals surface area (Å²) in [5.41, 5.74) is 5.85. The van der Waals surface area contributed by atoms with Gasteiger partial charge in [-0.15, -0.1) is 24.0 Å². The molecule has 1 aromatic carbocycles. The monoisotopic (exact) mass is 467 g/mol. The van der Waals surface area contributed by atoms with Crippen LogP contribution in [0.25, 0.3) is 0 Å². The molecule has 1 fully saturated rings. The van der Waals surface area contributed by atoms with Gasteiger partial charge in [0.1, 0.15) is 11.9 Å². The lowest BCUT2D eigenvalue weighted by atomic mass is 9.85. The molecule has 0 heterocycles. The van der Waals surface area contributed by atoms with Crippen LogP contribution >= 0.6 is 39.9 Å². The lowest BCUT2D eigenvalue weighted by molar-refractivity contribution is 0.228. The average molecular weight is 468 g/mol. The quantitative estimate of drug-likeness (QED) is 0.382. The van der Waals surface area contributed by atoms with Crippen LogP contribution in [0.1, 0.15) is 26.2 Å². The fraction of sp³-hybridized carbons (Fsp3) is 0.533. The minimum Gasteiger partial charge on any atom is -0.488 e. The van der Waals surface area contributed by atoms with E-state index in [1.54, 1.807) is 0 Å². The molecule has 1 aromatic rings. The smallest absolute Gasteiger partial charge is 0.188 e. The van der Waals surface area contributed by atoms with Crippen molar-refractivity contribution >= 4 is 45.9 Å². The molecule has 118 valence electrons. The molecule has 0 saturated heterocycles. The van der Waals surface area contributed by atoms with Crippen molar-refractivity contribution < 1.29 is 4.74 Å². The topological polar surface area (TPSA) is 59.6 Å². The Morgan fingerprint density at radius 2 is 2.19 bits per heavy atom. The van der Waals surface area contributed by atoms with Gasteiger partial charge in [0.25, 0.3) is 0 Å². The van der Waals surface area contributed by atoms with E-state index in [-0.39, 0.29) is 30.1 Å². The largest absolute Gasteiger partial charge is 0.488 e. The summed E-state index contributed by atoms with van der Waals surface area (Å²) in [6.07, 6.45) is 3.95. The number of para-hydroxylation sites is 1. The lowest BCUT2D eigenvalue weighted by Crippen LogP contribution is -2.38. The zero-order valence-corrected chi connectivity index (χ0v) is 16.1. The maximum atomic E-state index is 5.85. The maximum absolute atomic E-state index is 5.85. The Balaban J connectivity index is 0.00000220. The van der Waals surface area contributed by atoms with Gasteiger partial charge in [0.15, 0.2) is 5.96 Å². The summed E-state index contributed by atoms with van der Waals surface area (Å²) < 4.78 is 6.77. The summed E-state index contributed by atoms with van der Waals surface area (Å²) in [5, 5.41) is 3.18. The van der Waals surface area contributed by atoms with E-state index in [0.717, 1.165) is 22.7 Å². The summed E-state index contributed by atoms with van der Waals surface area (Å²) >= 11 is 3.46. The van der Waals surface area contributed by atoms with E-state index >= 15 is 0 Å². The predicted molar refractivity (Wildman–Crippen MR) is 101 cm³/mol. The Morgan fingerprint density at radius 3 is 2.81 bits per heavy atom. The van der Waals surface area contributed by atoms with E-state index < -0.39 is 0 Å². The Bertz CT molecular complexity index is 466. The molecule has 1 atom stereocenters. The third-order valence-electron chi connectivity index (χ3n) is 3.48. The van der Waals surface area contributed by atoms with Crippen LogP contribution in [0.15, 0.2) is 33.7 Å². The number of halogens is 2. The number of hydrogen-bond donors (Lipinski definition) is 2. The van der Waals surface area contributed by atoms with E-state index in [1.807, 2.05) is 31.2 Å². The number of benzene rings is 1. The van der Waals surface area contributed by atoms with Crippen molar-refractivity contribution in [3.63, 3.8) is 0 Å². The fourth-order valence-electron chi connectivity index (χ4n) is 2.02. The van der Waals surface area contributed by atoms with Crippen LogP contribution in [0.3, 0.4) is 0 Å². The molecule has 0 bridgehead atoms. The molecule has 4 nitrogen and oxygen atoms in total. The molecule has 1 aliphatic rings. The van der Waals surface area contributed by atoms with Gasteiger partial charge in [-0.3, -0.25) is 0 Å². The molecule has 0 spiro atoms.